The topological polar surface area (TPSA) is 59.0 Å². The lowest BCUT2D eigenvalue weighted by molar-refractivity contribution is -0.126. The van der Waals surface area contributed by atoms with Gasteiger partial charge in [-0.1, -0.05) is 0 Å². The van der Waals surface area contributed by atoms with Crippen LogP contribution < -0.4 is 10.6 Å². The standard InChI is InChI=1S/C15H17IN4O/c16-12-2-4-13(5-3-12)19-14(21)15(6-9-17-10-7-15)20-11-1-8-18-20/h1-5,8,11,17H,6-7,9-10H2,(H,19,21). The quantitative estimate of drug-likeness (QED) is 0.783. The van der Waals surface area contributed by atoms with Crippen LogP contribution in [0.2, 0.25) is 0 Å². The van der Waals surface area contributed by atoms with Crippen molar-refractivity contribution in [1.29, 1.82) is 0 Å². The molecule has 1 amide bonds. The van der Waals surface area contributed by atoms with E-state index in [0.717, 1.165) is 35.2 Å². The summed E-state index contributed by atoms with van der Waals surface area (Å²) in [5.41, 5.74) is 0.225. The highest BCUT2D eigenvalue weighted by molar-refractivity contribution is 14.1. The molecule has 0 atom stereocenters. The molecule has 0 spiro atoms. The van der Waals surface area contributed by atoms with Gasteiger partial charge in [-0.25, -0.2) is 0 Å². The summed E-state index contributed by atoms with van der Waals surface area (Å²) in [4.78, 5) is 12.9. The Balaban J connectivity index is 1.86. The summed E-state index contributed by atoms with van der Waals surface area (Å²) in [7, 11) is 0. The molecule has 1 aliphatic rings. The minimum Gasteiger partial charge on any atom is -0.324 e. The van der Waals surface area contributed by atoms with Crippen LogP contribution in [-0.4, -0.2) is 28.8 Å². The lowest BCUT2D eigenvalue weighted by Crippen LogP contribution is -2.52. The number of piperidine rings is 1. The number of carbonyl (C=O) groups excluding carboxylic acids is 1. The van der Waals surface area contributed by atoms with Gasteiger partial charge in [0.2, 0.25) is 0 Å². The Kier molecular flexibility index (Phi) is 4.25. The molecule has 0 saturated carbocycles. The molecule has 6 heteroatoms. The first-order valence-electron chi connectivity index (χ1n) is 6.99. The summed E-state index contributed by atoms with van der Waals surface area (Å²) in [5.74, 6) is 0.00825. The van der Waals surface area contributed by atoms with Crippen LogP contribution in [0.25, 0.3) is 0 Å². The molecule has 0 bridgehead atoms. The van der Waals surface area contributed by atoms with E-state index in [4.69, 9.17) is 0 Å². The maximum atomic E-state index is 12.9. The fraction of sp³-hybridized carbons (Fsp3) is 0.333. The van der Waals surface area contributed by atoms with E-state index < -0.39 is 5.54 Å². The summed E-state index contributed by atoms with van der Waals surface area (Å²) in [5, 5.41) is 10.7. The highest BCUT2D eigenvalue weighted by Gasteiger charge is 2.41. The highest BCUT2D eigenvalue weighted by Crippen LogP contribution is 2.28. The molecule has 5 nitrogen and oxygen atoms in total. The normalized spacial score (nSPS) is 17.4. The van der Waals surface area contributed by atoms with E-state index in [9.17, 15) is 4.79 Å². The summed E-state index contributed by atoms with van der Waals surface area (Å²) < 4.78 is 2.95. The zero-order chi connectivity index (χ0) is 14.7. The molecule has 2 N–H and O–H groups in total. The van der Waals surface area contributed by atoms with Crippen molar-refractivity contribution < 1.29 is 4.79 Å². The lowest BCUT2D eigenvalue weighted by atomic mass is 9.87. The molecule has 1 aliphatic heterocycles. The number of nitrogens with zero attached hydrogens (tertiary/aromatic N) is 2. The molecule has 2 aromatic rings. The van der Waals surface area contributed by atoms with Gasteiger partial charge < -0.3 is 10.6 Å². The number of hydrogen-bond acceptors (Lipinski definition) is 3. The minimum atomic E-state index is -0.599. The number of aromatic nitrogens is 2. The first-order valence-corrected chi connectivity index (χ1v) is 8.06. The molecule has 2 heterocycles. The smallest absolute Gasteiger partial charge is 0.252 e. The highest BCUT2D eigenvalue weighted by atomic mass is 127. The molecule has 21 heavy (non-hydrogen) atoms. The van der Waals surface area contributed by atoms with Crippen LogP contribution in [-0.2, 0) is 10.3 Å². The predicted octanol–water partition coefficient (Wildman–Crippen LogP) is 2.21. The number of benzene rings is 1. The second-order valence-corrected chi connectivity index (χ2v) is 6.44. The summed E-state index contributed by atoms with van der Waals surface area (Å²) in [6, 6.07) is 9.69. The molecule has 0 radical (unpaired) electrons. The number of amides is 1. The summed E-state index contributed by atoms with van der Waals surface area (Å²) >= 11 is 2.25. The third-order valence-electron chi connectivity index (χ3n) is 3.90. The molecular weight excluding hydrogens is 379 g/mol. The fourth-order valence-electron chi connectivity index (χ4n) is 2.70. The maximum absolute atomic E-state index is 12.9. The van der Waals surface area contributed by atoms with E-state index >= 15 is 0 Å². The third kappa shape index (κ3) is 2.96. The maximum Gasteiger partial charge on any atom is 0.252 e. The molecule has 0 unspecified atom stereocenters. The molecule has 1 fully saturated rings. The Hall–Kier alpha value is -1.41. The average Bonchev–Trinajstić information content (AvgIpc) is 3.05. The number of hydrogen-bond donors (Lipinski definition) is 2. The Morgan fingerprint density at radius 2 is 2.00 bits per heavy atom. The van der Waals surface area contributed by atoms with Crippen LogP contribution >= 0.6 is 22.6 Å². The van der Waals surface area contributed by atoms with Crippen LogP contribution in [0, 0.1) is 3.57 Å². The van der Waals surface area contributed by atoms with Gasteiger partial charge in [0, 0.05) is 21.7 Å². The van der Waals surface area contributed by atoms with E-state index in [1.54, 1.807) is 10.9 Å². The van der Waals surface area contributed by atoms with E-state index in [1.165, 1.54) is 0 Å². The van der Waals surface area contributed by atoms with Crippen molar-refractivity contribution in [1.82, 2.24) is 15.1 Å². The van der Waals surface area contributed by atoms with Gasteiger partial charge in [0.05, 0.1) is 0 Å². The van der Waals surface area contributed by atoms with Crippen molar-refractivity contribution in [3.63, 3.8) is 0 Å². The van der Waals surface area contributed by atoms with Crippen LogP contribution in [0.5, 0.6) is 0 Å². The van der Waals surface area contributed by atoms with Crippen molar-refractivity contribution in [3.05, 3.63) is 46.3 Å². The number of nitrogens with one attached hydrogen (secondary N) is 2. The fourth-order valence-corrected chi connectivity index (χ4v) is 3.06. The Morgan fingerprint density at radius 3 is 2.62 bits per heavy atom. The monoisotopic (exact) mass is 396 g/mol. The predicted molar refractivity (Wildman–Crippen MR) is 90.1 cm³/mol. The molecule has 1 saturated heterocycles. The summed E-state index contributed by atoms with van der Waals surface area (Å²) in [6.45, 7) is 1.64. The van der Waals surface area contributed by atoms with E-state index in [-0.39, 0.29) is 5.91 Å². The van der Waals surface area contributed by atoms with Crippen molar-refractivity contribution in [2.24, 2.45) is 0 Å². The van der Waals surface area contributed by atoms with Crippen LogP contribution in [0.3, 0.4) is 0 Å². The summed E-state index contributed by atoms with van der Waals surface area (Å²) in [6.07, 6.45) is 5.08. The number of anilines is 1. The molecular formula is C15H17IN4O. The second-order valence-electron chi connectivity index (χ2n) is 5.19. The number of halogens is 1. The first-order chi connectivity index (χ1) is 10.2. The van der Waals surface area contributed by atoms with Crippen molar-refractivity contribution in [2.75, 3.05) is 18.4 Å². The molecule has 3 rings (SSSR count). The molecule has 110 valence electrons. The van der Waals surface area contributed by atoms with Gasteiger partial charge in [-0.3, -0.25) is 9.48 Å². The average molecular weight is 396 g/mol. The van der Waals surface area contributed by atoms with Gasteiger partial charge in [-0.2, -0.15) is 5.10 Å². The second kappa shape index (κ2) is 6.15. The van der Waals surface area contributed by atoms with E-state index in [1.807, 2.05) is 36.5 Å². The molecule has 0 aliphatic carbocycles. The molecule has 1 aromatic carbocycles. The third-order valence-corrected chi connectivity index (χ3v) is 4.62. The van der Waals surface area contributed by atoms with Crippen molar-refractivity contribution >= 4 is 34.2 Å². The zero-order valence-electron chi connectivity index (χ0n) is 11.6. The Morgan fingerprint density at radius 1 is 1.29 bits per heavy atom. The minimum absolute atomic E-state index is 0.00825. The zero-order valence-corrected chi connectivity index (χ0v) is 13.7. The largest absolute Gasteiger partial charge is 0.324 e. The number of carbonyl (C=O) groups is 1. The first kappa shape index (κ1) is 14.5. The van der Waals surface area contributed by atoms with E-state index in [0.29, 0.717) is 0 Å². The van der Waals surface area contributed by atoms with Crippen LogP contribution in [0.1, 0.15) is 12.8 Å². The Labute approximate surface area is 137 Å². The van der Waals surface area contributed by atoms with Crippen LogP contribution in [0.4, 0.5) is 5.69 Å². The van der Waals surface area contributed by atoms with Gasteiger partial charge in [-0.15, -0.1) is 0 Å². The molecule has 1 aromatic heterocycles. The van der Waals surface area contributed by atoms with Crippen molar-refractivity contribution in [3.8, 4) is 0 Å². The van der Waals surface area contributed by atoms with Gasteiger partial charge in [0.1, 0.15) is 5.54 Å². The van der Waals surface area contributed by atoms with Gasteiger partial charge >= 0.3 is 0 Å². The van der Waals surface area contributed by atoms with E-state index in [2.05, 4.69) is 38.3 Å². The Bertz CT molecular complexity index is 603. The van der Waals surface area contributed by atoms with Gasteiger partial charge in [-0.05, 0) is 78.9 Å². The van der Waals surface area contributed by atoms with Crippen molar-refractivity contribution in [2.45, 2.75) is 18.4 Å². The van der Waals surface area contributed by atoms with Crippen LogP contribution in [0.15, 0.2) is 42.7 Å². The van der Waals surface area contributed by atoms with Gasteiger partial charge in [0.25, 0.3) is 5.91 Å². The van der Waals surface area contributed by atoms with Gasteiger partial charge in [0.15, 0.2) is 0 Å². The number of rotatable bonds is 3. The SMILES string of the molecule is O=C(Nc1ccc(I)cc1)C1(n2cccn2)CCNCC1. The lowest BCUT2D eigenvalue weighted by Gasteiger charge is -2.36.